The third kappa shape index (κ3) is 2.57. The first-order valence-electron chi connectivity index (χ1n) is 6.94. The number of hydrogen-bond donors (Lipinski definition) is 0. The summed E-state index contributed by atoms with van der Waals surface area (Å²) >= 11 is 3.42. The first kappa shape index (κ1) is 13.9. The van der Waals surface area contributed by atoms with Crippen molar-refractivity contribution < 1.29 is 9.53 Å². The molecule has 0 aromatic carbocycles. The van der Waals surface area contributed by atoms with Crippen LogP contribution in [0.2, 0.25) is 0 Å². The van der Waals surface area contributed by atoms with Gasteiger partial charge in [0, 0.05) is 24.7 Å². The molecule has 6 heteroatoms. The predicted molar refractivity (Wildman–Crippen MR) is 78.4 cm³/mol. The Morgan fingerprint density at radius 3 is 2.60 bits per heavy atom. The van der Waals surface area contributed by atoms with Crippen LogP contribution in [0.5, 0.6) is 0 Å². The summed E-state index contributed by atoms with van der Waals surface area (Å²) in [6.45, 7) is 7.34. The van der Waals surface area contributed by atoms with Crippen LogP contribution in [0.15, 0.2) is 16.9 Å². The Labute approximate surface area is 127 Å². The van der Waals surface area contributed by atoms with E-state index >= 15 is 0 Å². The van der Waals surface area contributed by atoms with Crippen molar-refractivity contribution in [1.82, 2.24) is 14.7 Å². The van der Waals surface area contributed by atoms with E-state index in [0.29, 0.717) is 11.5 Å². The van der Waals surface area contributed by atoms with Gasteiger partial charge in [-0.1, -0.05) is 0 Å². The lowest BCUT2D eigenvalue weighted by Gasteiger charge is -2.58. The molecule has 0 bridgehead atoms. The van der Waals surface area contributed by atoms with Gasteiger partial charge in [-0.2, -0.15) is 5.10 Å². The Hall–Kier alpha value is -1.04. The van der Waals surface area contributed by atoms with Crippen molar-refractivity contribution in [3.8, 4) is 0 Å². The van der Waals surface area contributed by atoms with Crippen LogP contribution in [0, 0.1) is 5.41 Å². The van der Waals surface area contributed by atoms with Gasteiger partial charge in [0.25, 0.3) is 0 Å². The lowest BCUT2D eigenvalue weighted by molar-refractivity contribution is -0.0927. The number of rotatable bonds is 1. The summed E-state index contributed by atoms with van der Waals surface area (Å²) in [7, 11) is 0. The maximum atomic E-state index is 11.9. The highest BCUT2D eigenvalue weighted by Gasteiger charge is 2.55. The number of carbonyl (C=O) groups is 1. The largest absolute Gasteiger partial charge is 0.444 e. The van der Waals surface area contributed by atoms with E-state index in [1.54, 1.807) is 4.90 Å². The van der Waals surface area contributed by atoms with E-state index in [1.807, 2.05) is 37.8 Å². The minimum atomic E-state index is -0.413. The lowest BCUT2D eigenvalue weighted by Crippen LogP contribution is -2.64. The highest BCUT2D eigenvalue weighted by molar-refractivity contribution is 9.10. The fourth-order valence-electron chi connectivity index (χ4n) is 3.12. The fourth-order valence-corrected chi connectivity index (χ4v) is 3.42. The highest BCUT2D eigenvalue weighted by atomic mass is 79.9. The summed E-state index contributed by atoms with van der Waals surface area (Å²) in [5.41, 5.74) is -0.108. The van der Waals surface area contributed by atoms with Crippen molar-refractivity contribution in [1.29, 1.82) is 0 Å². The smallest absolute Gasteiger partial charge is 0.410 e. The minimum Gasteiger partial charge on any atom is -0.444 e. The maximum Gasteiger partial charge on any atom is 0.410 e. The monoisotopic (exact) mass is 341 g/mol. The second-order valence-electron chi connectivity index (χ2n) is 7.04. The van der Waals surface area contributed by atoms with Crippen LogP contribution in [0.4, 0.5) is 4.79 Å². The van der Waals surface area contributed by atoms with Gasteiger partial charge in [-0.25, -0.2) is 4.79 Å². The van der Waals surface area contributed by atoms with Crippen LogP contribution in [0.1, 0.15) is 39.7 Å². The maximum absolute atomic E-state index is 11.9. The molecule has 2 aliphatic rings. The van der Waals surface area contributed by atoms with Crippen LogP contribution in [-0.4, -0.2) is 39.5 Å². The third-order valence-corrected chi connectivity index (χ3v) is 4.40. The Bertz CT molecular complexity index is 521. The number of aromatic nitrogens is 2. The summed E-state index contributed by atoms with van der Waals surface area (Å²) in [5, 5.41) is 4.33. The van der Waals surface area contributed by atoms with Crippen LogP contribution in [0.3, 0.4) is 0 Å². The van der Waals surface area contributed by atoms with E-state index < -0.39 is 5.60 Å². The van der Waals surface area contributed by atoms with Gasteiger partial charge in [-0.15, -0.1) is 0 Å². The zero-order chi connectivity index (χ0) is 14.5. The predicted octanol–water partition coefficient (Wildman–Crippen LogP) is 3.22. The zero-order valence-corrected chi connectivity index (χ0v) is 13.7. The first-order chi connectivity index (χ1) is 9.26. The fraction of sp³-hybridized carbons (Fsp3) is 0.714. The van der Waals surface area contributed by atoms with Crippen LogP contribution >= 0.6 is 15.9 Å². The first-order valence-corrected chi connectivity index (χ1v) is 7.73. The molecule has 1 saturated heterocycles. The number of ether oxygens (including phenoxy) is 1. The average molecular weight is 342 g/mol. The van der Waals surface area contributed by atoms with Crippen molar-refractivity contribution in [3.05, 3.63) is 16.9 Å². The van der Waals surface area contributed by atoms with Gasteiger partial charge >= 0.3 is 6.09 Å². The summed E-state index contributed by atoms with van der Waals surface area (Å²) in [4.78, 5) is 13.7. The van der Waals surface area contributed by atoms with Crippen molar-refractivity contribution in [2.75, 3.05) is 13.1 Å². The van der Waals surface area contributed by atoms with Gasteiger partial charge in [-0.05, 0) is 49.5 Å². The van der Waals surface area contributed by atoms with E-state index in [1.165, 1.54) is 0 Å². The van der Waals surface area contributed by atoms with Gasteiger partial charge < -0.3 is 9.64 Å². The molecule has 2 fully saturated rings. The van der Waals surface area contributed by atoms with Gasteiger partial charge in [0.05, 0.1) is 16.7 Å². The van der Waals surface area contributed by atoms with Crippen LogP contribution in [0.25, 0.3) is 0 Å². The number of nitrogens with zero attached hydrogens (tertiary/aromatic N) is 3. The Kier molecular flexibility index (Phi) is 3.12. The number of amides is 1. The van der Waals surface area contributed by atoms with Crippen molar-refractivity contribution in [2.24, 2.45) is 5.41 Å². The Morgan fingerprint density at radius 1 is 1.45 bits per heavy atom. The van der Waals surface area contributed by atoms with Gasteiger partial charge in [-0.3, -0.25) is 4.68 Å². The second-order valence-corrected chi connectivity index (χ2v) is 7.95. The molecule has 0 atom stereocenters. The number of hydrogen-bond acceptors (Lipinski definition) is 3. The van der Waals surface area contributed by atoms with Gasteiger partial charge in [0.1, 0.15) is 5.60 Å². The molecule has 2 heterocycles. The molecule has 1 aliphatic carbocycles. The third-order valence-electron chi connectivity index (χ3n) is 3.99. The van der Waals surface area contributed by atoms with E-state index in [9.17, 15) is 4.79 Å². The molecule has 3 rings (SSSR count). The van der Waals surface area contributed by atoms with Gasteiger partial charge in [0.15, 0.2) is 0 Å². The highest BCUT2D eigenvalue weighted by Crippen LogP contribution is 2.54. The molecule has 0 N–H and O–H groups in total. The van der Waals surface area contributed by atoms with Crippen molar-refractivity contribution in [2.45, 2.75) is 45.3 Å². The van der Waals surface area contributed by atoms with Crippen LogP contribution in [-0.2, 0) is 4.74 Å². The molecular formula is C14H20BrN3O2. The van der Waals surface area contributed by atoms with Crippen molar-refractivity contribution in [3.63, 3.8) is 0 Å². The standard InChI is InChI=1S/C14H20BrN3O2/c1-13(2,3)20-12(19)17-8-14(9-17)4-11(5-14)18-7-10(15)6-16-18/h6-7,11H,4-5,8-9H2,1-3H3. The summed E-state index contributed by atoms with van der Waals surface area (Å²) in [6.07, 6.45) is 5.84. The topological polar surface area (TPSA) is 47.4 Å². The number of halogens is 1. The molecular weight excluding hydrogens is 322 g/mol. The molecule has 0 unspecified atom stereocenters. The molecule has 1 amide bonds. The molecule has 1 aromatic rings. The Balaban J connectivity index is 1.49. The molecule has 1 spiro atoms. The molecule has 0 radical (unpaired) electrons. The molecule has 20 heavy (non-hydrogen) atoms. The lowest BCUT2D eigenvalue weighted by atomic mass is 9.61. The SMILES string of the molecule is CC(C)(C)OC(=O)N1CC2(CC(n3cc(Br)cn3)C2)C1. The van der Waals surface area contributed by atoms with Crippen LogP contribution < -0.4 is 0 Å². The average Bonchev–Trinajstić information content (AvgIpc) is 2.57. The van der Waals surface area contributed by atoms with Gasteiger partial charge in [0.2, 0.25) is 0 Å². The van der Waals surface area contributed by atoms with Crippen molar-refractivity contribution >= 4 is 22.0 Å². The van der Waals surface area contributed by atoms with E-state index in [0.717, 1.165) is 30.4 Å². The second kappa shape index (κ2) is 4.48. The molecule has 1 aromatic heterocycles. The summed E-state index contributed by atoms with van der Waals surface area (Å²) < 4.78 is 8.42. The summed E-state index contributed by atoms with van der Waals surface area (Å²) in [5.74, 6) is 0. The Morgan fingerprint density at radius 2 is 2.10 bits per heavy atom. The zero-order valence-electron chi connectivity index (χ0n) is 12.1. The van der Waals surface area contributed by atoms with E-state index in [-0.39, 0.29) is 6.09 Å². The normalized spacial score (nSPS) is 21.5. The summed E-state index contributed by atoms with van der Waals surface area (Å²) in [6, 6.07) is 0.474. The molecule has 1 saturated carbocycles. The number of carbonyl (C=O) groups excluding carboxylic acids is 1. The number of likely N-dealkylation sites (tertiary alicyclic amines) is 1. The molecule has 5 nitrogen and oxygen atoms in total. The minimum absolute atomic E-state index is 0.187. The van der Waals surface area contributed by atoms with E-state index in [2.05, 4.69) is 21.0 Å². The quantitative estimate of drug-likeness (QED) is 0.787. The molecule has 110 valence electrons. The molecule has 1 aliphatic heterocycles. The van der Waals surface area contributed by atoms with E-state index in [4.69, 9.17) is 4.74 Å².